The Kier molecular flexibility index (Phi) is 6.14. The molecule has 1 amide bonds. The maximum Gasteiger partial charge on any atom is 0.276 e. The summed E-state index contributed by atoms with van der Waals surface area (Å²) < 4.78 is 0. The summed E-state index contributed by atoms with van der Waals surface area (Å²) in [5.41, 5.74) is 2.91. The molecule has 0 saturated carbocycles. The second-order valence-electron chi connectivity index (χ2n) is 6.60. The predicted octanol–water partition coefficient (Wildman–Crippen LogP) is 5.49. The number of nitrogens with zero attached hydrogens (tertiary/aromatic N) is 3. The number of aryl methyl sites for hydroxylation is 1. The predicted molar refractivity (Wildman–Crippen MR) is 117 cm³/mol. The fraction of sp³-hybridized carbons (Fsp3) is 0.238. The highest BCUT2D eigenvalue weighted by Gasteiger charge is 2.23. The summed E-state index contributed by atoms with van der Waals surface area (Å²) >= 11 is 9.11. The lowest BCUT2D eigenvalue weighted by molar-refractivity contribution is 0.102. The van der Waals surface area contributed by atoms with Crippen LogP contribution in [0.25, 0.3) is 0 Å². The van der Waals surface area contributed by atoms with Crippen molar-refractivity contribution in [3.8, 4) is 6.07 Å². The van der Waals surface area contributed by atoms with Crippen molar-refractivity contribution >= 4 is 45.6 Å². The van der Waals surface area contributed by atoms with E-state index in [4.69, 9.17) is 11.6 Å². The third-order valence-corrected chi connectivity index (χ3v) is 7.07. The van der Waals surface area contributed by atoms with Crippen molar-refractivity contribution in [2.75, 3.05) is 5.32 Å². The fourth-order valence-corrected chi connectivity index (χ4v) is 5.42. The molecule has 1 N–H and O–H groups in total. The molecule has 3 aromatic rings. The molecule has 5 nitrogen and oxygen atoms in total. The zero-order valence-corrected chi connectivity index (χ0v) is 17.8. The molecular weight excluding hydrogens is 424 g/mol. The van der Waals surface area contributed by atoms with Gasteiger partial charge >= 0.3 is 0 Å². The number of nitriles is 1. The molecule has 1 aliphatic carbocycles. The van der Waals surface area contributed by atoms with E-state index in [-0.39, 0.29) is 10.7 Å². The van der Waals surface area contributed by atoms with Crippen LogP contribution in [0.5, 0.6) is 0 Å². The molecule has 2 aromatic heterocycles. The van der Waals surface area contributed by atoms with E-state index in [2.05, 4.69) is 21.4 Å². The number of fused-ring (bicyclic) bond motifs is 1. The minimum atomic E-state index is -0.422. The van der Waals surface area contributed by atoms with E-state index in [0.717, 1.165) is 36.8 Å². The Morgan fingerprint density at radius 2 is 2.07 bits per heavy atom. The highest BCUT2D eigenvalue weighted by atomic mass is 35.5. The summed E-state index contributed by atoms with van der Waals surface area (Å²) in [4.78, 5) is 22.6. The average Bonchev–Trinajstić information content (AvgIpc) is 3.10. The Bertz CT molecular complexity index is 1090. The number of aromatic nitrogens is 2. The third kappa shape index (κ3) is 4.45. The number of hydrogen-bond acceptors (Lipinski definition) is 6. The van der Waals surface area contributed by atoms with Crippen LogP contribution in [0.15, 0.2) is 41.7 Å². The molecule has 0 bridgehead atoms. The summed E-state index contributed by atoms with van der Waals surface area (Å²) in [6.07, 6.45) is 5.48. The van der Waals surface area contributed by atoms with Crippen molar-refractivity contribution in [2.45, 2.75) is 36.6 Å². The van der Waals surface area contributed by atoms with Gasteiger partial charge in [-0.25, -0.2) is 9.97 Å². The number of nitrogens with one attached hydrogen (secondary N) is 1. The summed E-state index contributed by atoms with van der Waals surface area (Å²) in [7, 11) is 0. The van der Waals surface area contributed by atoms with Gasteiger partial charge in [-0.1, -0.05) is 53.7 Å². The van der Waals surface area contributed by atoms with Crippen LogP contribution in [0.3, 0.4) is 0 Å². The number of thiophene rings is 1. The van der Waals surface area contributed by atoms with E-state index in [9.17, 15) is 10.1 Å². The van der Waals surface area contributed by atoms with Gasteiger partial charge in [0.2, 0.25) is 0 Å². The average molecular weight is 441 g/mol. The Labute approximate surface area is 182 Å². The Hall–Kier alpha value is -2.40. The molecule has 4 rings (SSSR count). The maximum absolute atomic E-state index is 12.8. The summed E-state index contributed by atoms with van der Waals surface area (Å²) in [6.45, 7) is 0. The van der Waals surface area contributed by atoms with Crippen molar-refractivity contribution in [2.24, 2.45) is 0 Å². The molecule has 1 aromatic carbocycles. The Balaban J connectivity index is 1.53. The van der Waals surface area contributed by atoms with E-state index in [1.807, 2.05) is 30.3 Å². The second kappa shape index (κ2) is 8.95. The van der Waals surface area contributed by atoms with Crippen molar-refractivity contribution < 1.29 is 4.79 Å². The molecule has 2 heterocycles. The van der Waals surface area contributed by atoms with Crippen molar-refractivity contribution in [1.82, 2.24) is 9.97 Å². The number of hydrogen-bond donors (Lipinski definition) is 1. The largest absolute Gasteiger partial charge is 0.311 e. The van der Waals surface area contributed by atoms with Crippen LogP contribution < -0.4 is 5.32 Å². The van der Waals surface area contributed by atoms with Gasteiger partial charge in [0.1, 0.15) is 11.1 Å². The van der Waals surface area contributed by atoms with Crippen molar-refractivity contribution in [3.05, 3.63) is 68.8 Å². The first-order valence-electron chi connectivity index (χ1n) is 9.21. The number of halogens is 1. The molecule has 0 saturated heterocycles. The zero-order valence-electron chi connectivity index (χ0n) is 15.4. The highest BCUT2D eigenvalue weighted by molar-refractivity contribution is 7.98. The quantitative estimate of drug-likeness (QED) is 0.419. The molecule has 8 heteroatoms. The van der Waals surface area contributed by atoms with E-state index in [1.54, 1.807) is 0 Å². The highest BCUT2D eigenvalue weighted by Crippen LogP contribution is 2.38. The first-order chi connectivity index (χ1) is 14.2. The normalized spacial score (nSPS) is 12.8. The molecule has 0 unspecified atom stereocenters. The van der Waals surface area contributed by atoms with Crippen LogP contribution in [0, 0.1) is 11.3 Å². The number of carbonyl (C=O) groups excluding carboxylic acids is 1. The van der Waals surface area contributed by atoms with Crippen molar-refractivity contribution in [3.63, 3.8) is 0 Å². The van der Waals surface area contributed by atoms with Gasteiger partial charge in [-0.05, 0) is 36.8 Å². The molecule has 0 spiro atoms. The Morgan fingerprint density at radius 1 is 1.28 bits per heavy atom. The fourth-order valence-electron chi connectivity index (χ4n) is 3.24. The van der Waals surface area contributed by atoms with E-state index >= 15 is 0 Å². The van der Waals surface area contributed by atoms with Gasteiger partial charge in [0.05, 0.1) is 16.8 Å². The number of carbonyl (C=O) groups is 1. The van der Waals surface area contributed by atoms with Crippen LogP contribution in [0.2, 0.25) is 5.02 Å². The molecule has 0 radical (unpaired) electrons. The molecule has 1 aliphatic rings. The van der Waals surface area contributed by atoms with Gasteiger partial charge in [-0.3, -0.25) is 4.79 Å². The first kappa shape index (κ1) is 19.9. The van der Waals surface area contributed by atoms with E-state index in [1.165, 1.54) is 34.2 Å². The maximum atomic E-state index is 12.8. The van der Waals surface area contributed by atoms with Crippen LogP contribution in [0.4, 0.5) is 5.00 Å². The lowest BCUT2D eigenvalue weighted by atomic mass is 9.96. The van der Waals surface area contributed by atoms with Gasteiger partial charge in [0.25, 0.3) is 5.91 Å². The number of rotatable bonds is 5. The van der Waals surface area contributed by atoms with E-state index < -0.39 is 5.91 Å². The van der Waals surface area contributed by atoms with Gasteiger partial charge in [-0.15, -0.1) is 11.3 Å². The van der Waals surface area contributed by atoms with Gasteiger partial charge < -0.3 is 5.32 Å². The van der Waals surface area contributed by atoms with Crippen LogP contribution in [-0.2, 0) is 18.6 Å². The first-order valence-corrected chi connectivity index (χ1v) is 11.4. The van der Waals surface area contributed by atoms with Crippen LogP contribution >= 0.6 is 34.7 Å². The number of benzene rings is 1. The summed E-state index contributed by atoms with van der Waals surface area (Å²) in [5.74, 6) is 0.272. The lowest BCUT2D eigenvalue weighted by Gasteiger charge is -2.09. The van der Waals surface area contributed by atoms with Crippen molar-refractivity contribution in [1.29, 1.82) is 5.26 Å². The second-order valence-corrected chi connectivity index (χ2v) is 9.06. The molecule has 0 atom stereocenters. The third-order valence-electron chi connectivity index (χ3n) is 4.66. The molecule has 0 aliphatic heterocycles. The van der Waals surface area contributed by atoms with Crippen LogP contribution in [0.1, 0.15) is 44.9 Å². The molecule has 0 fully saturated rings. The smallest absolute Gasteiger partial charge is 0.276 e. The summed E-state index contributed by atoms with van der Waals surface area (Å²) in [6, 6.07) is 12.2. The van der Waals surface area contributed by atoms with Gasteiger partial charge in [-0.2, -0.15) is 5.26 Å². The topological polar surface area (TPSA) is 78.7 Å². The zero-order chi connectivity index (χ0) is 20.2. The lowest BCUT2D eigenvalue weighted by Crippen LogP contribution is -2.15. The van der Waals surface area contributed by atoms with E-state index in [0.29, 0.717) is 21.5 Å². The number of anilines is 1. The minimum Gasteiger partial charge on any atom is -0.311 e. The molecular formula is C21H17ClN4OS2. The summed E-state index contributed by atoms with van der Waals surface area (Å²) in [5, 5.41) is 13.7. The van der Waals surface area contributed by atoms with Gasteiger partial charge in [0, 0.05) is 10.6 Å². The monoisotopic (exact) mass is 440 g/mol. The van der Waals surface area contributed by atoms with Crippen LogP contribution in [-0.4, -0.2) is 15.9 Å². The van der Waals surface area contributed by atoms with Gasteiger partial charge in [0.15, 0.2) is 10.9 Å². The number of thioether (sulfide) groups is 1. The minimum absolute atomic E-state index is 0.118. The Morgan fingerprint density at radius 3 is 2.86 bits per heavy atom. The standard InChI is InChI=1S/C21H17ClN4OS2/c22-16-11-24-21(28-12-13-6-2-1-3-7-13)25-18(16)19(27)26-20-15(10-23)14-8-4-5-9-17(14)29-20/h1-3,6-7,11H,4-5,8-9,12H2,(H,26,27). The number of amides is 1. The molecule has 29 heavy (non-hydrogen) atoms. The SMILES string of the molecule is N#Cc1c(NC(=O)c2nc(SCc3ccccc3)ncc2Cl)sc2c1CCCC2. The molecule has 146 valence electrons.